The van der Waals surface area contributed by atoms with E-state index in [9.17, 15) is 54.4 Å². The maximum atomic E-state index is 13.2. The van der Waals surface area contributed by atoms with Crippen molar-refractivity contribution in [1.82, 2.24) is 21.3 Å². The first-order valence-corrected chi connectivity index (χ1v) is 46.7. The molecule has 25 heteroatoms. The molecule has 0 spiro atoms. The van der Waals surface area contributed by atoms with Crippen LogP contribution in [0.3, 0.4) is 0 Å². The van der Waals surface area contributed by atoms with E-state index in [1.54, 1.807) is 0 Å². The van der Waals surface area contributed by atoms with Gasteiger partial charge in [0.05, 0.1) is 63.9 Å². The van der Waals surface area contributed by atoms with Crippen LogP contribution in [-0.2, 0) is 46.2 Å². The molecule has 2 amide bonds. The number of nitrogens with one attached hydrogen (secondary N) is 4. The number of amides is 2. The largest absolute Gasteiger partial charge is 0.472 e. The first-order valence-electron chi connectivity index (χ1n) is 43.7. The number of unbranched alkanes of at least 4 members (excludes halogenated alkanes) is 42. The van der Waals surface area contributed by atoms with Gasteiger partial charge in [0, 0.05) is 39.1 Å². The Morgan fingerprint density at radius 1 is 0.321 bits per heavy atom. The van der Waals surface area contributed by atoms with Crippen molar-refractivity contribution in [2.75, 3.05) is 65.9 Å². The van der Waals surface area contributed by atoms with Gasteiger partial charge in [-0.3, -0.25) is 28.7 Å². The third-order valence-corrected chi connectivity index (χ3v) is 21.6. The van der Waals surface area contributed by atoms with Gasteiger partial charge < -0.3 is 70.0 Å². The number of ether oxygens (including phenoxy) is 4. The minimum atomic E-state index is -4.77. The number of carbonyl (C=O) groups excluding carboxylic acids is 1. The van der Waals surface area contributed by atoms with Crippen molar-refractivity contribution in [3.05, 3.63) is 0 Å². The van der Waals surface area contributed by atoms with E-state index in [0.29, 0.717) is 38.5 Å². The predicted molar refractivity (Wildman–Crippen MR) is 429 cm³/mol. The van der Waals surface area contributed by atoms with E-state index >= 15 is 0 Å². The molecule has 106 heavy (non-hydrogen) atoms. The van der Waals surface area contributed by atoms with Crippen LogP contribution in [0.15, 0.2) is 0 Å². The lowest BCUT2D eigenvalue weighted by Gasteiger charge is -2.29. The molecule has 0 bridgehead atoms. The summed E-state index contributed by atoms with van der Waals surface area (Å²) in [5.41, 5.74) is 0. The number of aliphatic hydroxyl groups is 6. The molecule has 6 unspecified atom stereocenters. The highest BCUT2D eigenvalue weighted by Gasteiger charge is 2.32. The molecular formula is C81H168N4O19P2. The minimum Gasteiger partial charge on any atom is -0.380 e. The lowest BCUT2D eigenvalue weighted by Crippen LogP contribution is -2.53. The van der Waals surface area contributed by atoms with Crippen molar-refractivity contribution in [3.63, 3.8) is 0 Å². The molecule has 0 rings (SSSR count). The number of urea groups is 1. The van der Waals surface area contributed by atoms with Gasteiger partial charge in [0.25, 0.3) is 0 Å². The van der Waals surface area contributed by atoms with Crippen LogP contribution in [0.4, 0.5) is 4.79 Å². The zero-order valence-electron chi connectivity index (χ0n) is 68.6. The van der Waals surface area contributed by atoms with Gasteiger partial charge in [-0.1, -0.05) is 324 Å². The molecule has 0 aromatic rings. The number of rotatable bonds is 86. The highest BCUT2D eigenvalue weighted by molar-refractivity contribution is 7.47. The third kappa shape index (κ3) is 73.2. The summed E-state index contributed by atoms with van der Waals surface area (Å²) in [5, 5.41) is 76.9. The lowest BCUT2D eigenvalue weighted by molar-refractivity contribution is -0.202. The van der Waals surface area contributed by atoms with Gasteiger partial charge in [-0.2, -0.15) is 0 Å². The summed E-state index contributed by atoms with van der Waals surface area (Å²) in [6, 6.07) is -2.69. The summed E-state index contributed by atoms with van der Waals surface area (Å²) in [6.07, 6.45) is 54.7. The summed E-state index contributed by atoms with van der Waals surface area (Å²) in [4.78, 5) is 34.2. The number of hydrogen-bond donors (Lipinski definition) is 12. The maximum Gasteiger partial charge on any atom is 0.472 e. The number of phosphoric acid groups is 2. The van der Waals surface area contributed by atoms with Crippen LogP contribution in [0.5, 0.6) is 0 Å². The van der Waals surface area contributed by atoms with E-state index in [1.807, 2.05) is 0 Å². The quantitative estimate of drug-likeness (QED) is 0.0153. The SMILES string of the molecule is CCCCCCCCCCCCC(O)(O)NC(COCC[C@@H](CCCCCCC)OC(O)CCCCCCCCCCC)COP(=O)(O)OCCNC(=O)NCCOP(=O)(O)OCC(COCC[C@H](CCCCCCC)OC(O)CCCCCCCCCCC)NC(O)(O)CCCCCCCCCCCC. The fraction of sp³-hybridized carbons (Fsp3) is 0.988. The maximum absolute atomic E-state index is 13.2. The smallest absolute Gasteiger partial charge is 0.380 e. The van der Waals surface area contributed by atoms with Crippen LogP contribution in [0.1, 0.15) is 401 Å². The van der Waals surface area contributed by atoms with Crippen molar-refractivity contribution < 1.29 is 91.4 Å². The zero-order chi connectivity index (χ0) is 78.2. The molecule has 0 radical (unpaired) electrons. The average Bonchev–Trinajstić information content (AvgIpc) is 0.879. The van der Waals surface area contributed by atoms with E-state index in [0.717, 1.165) is 167 Å². The molecule has 0 heterocycles. The lowest BCUT2D eigenvalue weighted by atomic mass is 10.0. The fourth-order valence-electron chi connectivity index (χ4n) is 13.2. The molecule has 0 fully saturated rings. The van der Waals surface area contributed by atoms with E-state index in [4.69, 9.17) is 37.0 Å². The van der Waals surface area contributed by atoms with Crippen LogP contribution < -0.4 is 21.3 Å². The van der Waals surface area contributed by atoms with Crippen molar-refractivity contribution in [1.29, 1.82) is 0 Å². The van der Waals surface area contributed by atoms with Gasteiger partial charge in [-0.05, 0) is 64.2 Å². The van der Waals surface area contributed by atoms with Crippen LogP contribution in [-0.4, -0.2) is 161 Å². The van der Waals surface area contributed by atoms with E-state index < -0.39 is 84.6 Å². The van der Waals surface area contributed by atoms with E-state index in [1.165, 1.54) is 141 Å². The average molecular weight is 1560 g/mol. The Morgan fingerprint density at radius 2 is 0.566 bits per heavy atom. The Kier molecular flexibility index (Phi) is 73.4. The van der Waals surface area contributed by atoms with Crippen molar-refractivity contribution in [2.24, 2.45) is 0 Å². The highest BCUT2D eigenvalue weighted by Crippen LogP contribution is 2.44. The first-order chi connectivity index (χ1) is 51.2. The Hall–Kier alpha value is -0.990. The van der Waals surface area contributed by atoms with Crippen LogP contribution >= 0.6 is 15.6 Å². The minimum absolute atomic E-state index is 0.000813. The van der Waals surface area contributed by atoms with Crippen LogP contribution in [0.25, 0.3) is 0 Å². The molecule has 0 aromatic heterocycles. The van der Waals surface area contributed by atoms with Gasteiger partial charge in [0.15, 0.2) is 12.6 Å². The normalized spacial score (nSPS) is 15.2. The molecule has 8 atom stereocenters. The molecule has 0 aliphatic heterocycles. The molecule has 636 valence electrons. The van der Waals surface area contributed by atoms with Crippen LogP contribution in [0, 0.1) is 0 Å². The van der Waals surface area contributed by atoms with Crippen molar-refractivity contribution >= 4 is 21.7 Å². The number of phosphoric ester groups is 2. The molecule has 12 N–H and O–H groups in total. The standard InChI is InChI=1S/C81H168N4O19P2/c1-7-13-19-25-29-33-37-41-47-53-61-80(89,90)84-73(69-97-65-59-75(55-49-43-23-17-11-5)103-77(86)57-51-45-39-35-31-27-21-15-9-3)71-101-105(93,94)99-67-63-82-79(88)83-64-68-100-106(95,96)102-72-74(85-81(91,92)62-54-48-42-38-34-30-26-20-14-8-2)70-98-66-60-76(56-50-44-24-18-12-6)104-78(87)58-52-46-40-36-32-28-22-16-10-4/h73-78,84-87,89-92H,7-72H2,1-6H3,(H,93,94)(H,95,96)(H2,82,83,88)/t73?,74?,75-,76+,77?,78?. The zero-order valence-corrected chi connectivity index (χ0v) is 70.4. The Labute approximate surface area is 647 Å². The van der Waals surface area contributed by atoms with Gasteiger partial charge in [-0.25, -0.2) is 13.9 Å². The van der Waals surface area contributed by atoms with E-state index in [2.05, 4.69) is 62.8 Å². The Balaban J connectivity index is 5.66. The van der Waals surface area contributed by atoms with E-state index in [-0.39, 0.29) is 64.6 Å². The molecule has 0 saturated heterocycles. The molecular weight excluding hydrogens is 1390 g/mol. The van der Waals surface area contributed by atoms with Gasteiger partial charge >= 0.3 is 21.7 Å². The molecule has 0 aliphatic carbocycles. The number of aliphatic hydroxyl groups excluding tert-OH is 2. The number of carbonyl (C=O) groups is 1. The van der Waals surface area contributed by atoms with Gasteiger partial charge in [0.1, 0.15) is 0 Å². The highest BCUT2D eigenvalue weighted by atomic mass is 31.2. The fourth-order valence-corrected chi connectivity index (χ4v) is 14.7. The number of hydrogen-bond acceptors (Lipinski definition) is 19. The summed E-state index contributed by atoms with van der Waals surface area (Å²) in [5.74, 6) is -4.68. The second-order valence-electron chi connectivity index (χ2n) is 30.4. The Bertz CT molecular complexity index is 1850. The predicted octanol–water partition coefficient (Wildman–Crippen LogP) is 19.2. The monoisotopic (exact) mass is 1560 g/mol. The first kappa shape index (κ1) is 105. The van der Waals surface area contributed by atoms with Crippen LogP contribution in [0.2, 0.25) is 0 Å². The third-order valence-electron chi connectivity index (χ3n) is 19.7. The second-order valence-corrected chi connectivity index (χ2v) is 33.3. The Morgan fingerprint density at radius 3 is 0.840 bits per heavy atom. The molecule has 0 aliphatic rings. The summed E-state index contributed by atoms with van der Waals surface area (Å²) < 4.78 is 72.0. The topological polar surface area (TPSA) is 335 Å². The van der Waals surface area contributed by atoms with Gasteiger partial charge in [-0.15, -0.1) is 0 Å². The molecule has 0 aromatic carbocycles. The van der Waals surface area contributed by atoms with Crippen molar-refractivity contribution in [3.8, 4) is 0 Å². The molecule has 0 saturated carbocycles. The van der Waals surface area contributed by atoms with Crippen molar-refractivity contribution in [2.45, 2.75) is 450 Å². The summed E-state index contributed by atoms with van der Waals surface area (Å²) in [7, 11) is -9.55. The summed E-state index contributed by atoms with van der Waals surface area (Å²) >= 11 is 0. The molecule has 23 nitrogen and oxygen atoms in total. The summed E-state index contributed by atoms with van der Waals surface area (Å²) in [6.45, 7) is 10.9. The van der Waals surface area contributed by atoms with Gasteiger partial charge in [0.2, 0.25) is 11.8 Å². The second kappa shape index (κ2) is 74.1.